The highest BCUT2D eigenvalue weighted by molar-refractivity contribution is 7.98. The van der Waals surface area contributed by atoms with Crippen LogP contribution in [0.2, 0.25) is 0 Å². The normalized spacial score (nSPS) is 12.0. The Hall–Kier alpha value is -1.44. The second-order valence-electron chi connectivity index (χ2n) is 4.62. The van der Waals surface area contributed by atoms with E-state index in [-0.39, 0.29) is 5.41 Å². The van der Waals surface area contributed by atoms with E-state index in [1.165, 1.54) is 11.8 Å². The molecule has 2 aromatic rings. The molecule has 0 spiro atoms. The Labute approximate surface area is 103 Å². The molecule has 0 aromatic carbocycles. The Balaban J connectivity index is 2.01. The van der Waals surface area contributed by atoms with Gasteiger partial charge < -0.3 is 4.42 Å². The minimum atomic E-state index is -0.123. The van der Waals surface area contributed by atoms with Crippen molar-refractivity contribution in [3.05, 3.63) is 11.8 Å². The molecule has 2 aromatic heterocycles. The van der Waals surface area contributed by atoms with Crippen LogP contribution in [0, 0.1) is 0 Å². The summed E-state index contributed by atoms with van der Waals surface area (Å²) in [4.78, 5) is 0. The summed E-state index contributed by atoms with van der Waals surface area (Å²) in [6.07, 6.45) is 0. The fourth-order valence-corrected chi connectivity index (χ4v) is 1.77. The van der Waals surface area contributed by atoms with Crippen molar-refractivity contribution in [2.75, 3.05) is 0 Å². The van der Waals surface area contributed by atoms with Gasteiger partial charge in [-0.05, 0) is 10.4 Å². The number of aromatic nitrogens is 6. The van der Waals surface area contributed by atoms with E-state index < -0.39 is 0 Å². The number of thioether (sulfide) groups is 1. The summed E-state index contributed by atoms with van der Waals surface area (Å²) < 4.78 is 7.17. The smallest absolute Gasteiger partial charge is 0.226 e. The SMILES string of the molecule is Cn1nnnc1SCc1nnc(C(C)(C)C)o1. The molecule has 8 heteroatoms. The molecule has 0 N–H and O–H groups in total. The molecule has 0 atom stereocenters. The lowest BCUT2D eigenvalue weighted by atomic mass is 9.97. The van der Waals surface area contributed by atoms with Crippen LogP contribution in [0.25, 0.3) is 0 Å². The topological polar surface area (TPSA) is 82.5 Å². The van der Waals surface area contributed by atoms with Gasteiger partial charge in [0.2, 0.25) is 16.9 Å². The highest BCUT2D eigenvalue weighted by Crippen LogP contribution is 2.23. The molecule has 0 radical (unpaired) electrons. The van der Waals surface area contributed by atoms with Crippen molar-refractivity contribution in [2.45, 2.75) is 37.1 Å². The van der Waals surface area contributed by atoms with Crippen LogP contribution in [-0.4, -0.2) is 30.4 Å². The van der Waals surface area contributed by atoms with Crippen LogP contribution in [0.5, 0.6) is 0 Å². The van der Waals surface area contributed by atoms with Crippen molar-refractivity contribution in [2.24, 2.45) is 7.05 Å². The molecule has 0 fully saturated rings. The molecule has 0 aliphatic heterocycles. The van der Waals surface area contributed by atoms with Crippen LogP contribution in [0.3, 0.4) is 0 Å². The van der Waals surface area contributed by atoms with Crippen LogP contribution in [0.1, 0.15) is 32.6 Å². The standard InChI is InChI=1S/C9H14N6OS/c1-9(2,3)7-11-10-6(16-7)5-17-8-12-13-14-15(8)4/h5H2,1-4H3. The minimum absolute atomic E-state index is 0.123. The zero-order valence-corrected chi connectivity index (χ0v) is 11.0. The summed E-state index contributed by atoms with van der Waals surface area (Å²) in [6.45, 7) is 6.10. The first-order valence-corrected chi connectivity index (χ1v) is 6.13. The van der Waals surface area contributed by atoms with E-state index in [0.29, 0.717) is 17.5 Å². The molecule has 0 amide bonds. The maximum absolute atomic E-state index is 5.57. The van der Waals surface area contributed by atoms with Crippen LogP contribution in [0.4, 0.5) is 0 Å². The maximum atomic E-state index is 5.57. The monoisotopic (exact) mass is 254 g/mol. The third-order valence-electron chi connectivity index (χ3n) is 2.01. The molecule has 0 saturated heterocycles. The minimum Gasteiger partial charge on any atom is -0.424 e. The molecular formula is C9H14N6OS. The highest BCUT2D eigenvalue weighted by atomic mass is 32.2. The van der Waals surface area contributed by atoms with Crippen molar-refractivity contribution >= 4 is 11.8 Å². The molecule has 2 rings (SSSR count). The average molecular weight is 254 g/mol. The number of nitrogens with zero attached hydrogens (tertiary/aromatic N) is 6. The van der Waals surface area contributed by atoms with Crippen molar-refractivity contribution in [1.82, 2.24) is 30.4 Å². The first-order chi connectivity index (χ1) is 7.97. The molecule has 2 heterocycles. The lowest BCUT2D eigenvalue weighted by Crippen LogP contribution is -2.11. The predicted molar refractivity (Wildman–Crippen MR) is 61.4 cm³/mol. The van der Waals surface area contributed by atoms with E-state index in [1.54, 1.807) is 11.7 Å². The van der Waals surface area contributed by atoms with Gasteiger partial charge in [-0.15, -0.1) is 15.3 Å². The second-order valence-corrected chi connectivity index (χ2v) is 5.57. The fourth-order valence-electron chi connectivity index (χ4n) is 1.08. The van der Waals surface area contributed by atoms with Crippen molar-refractivity contribution in [3.63, 3.8) is 0 Å². The largest absolute Gasteiger partial charge is 0.424 e. The summed E-state index contributed by atoms with van der Waals surface area (Å²) in [5.41, 5.74) is -0.123. The maximum Gasteiger partial charge on any atom is 0.226 e. The molecule has 92 valence electrons. The van der Waals surface area contributed by atoms with Crippen molar-refractivity contribution < 1.29 is 4.42 Å². The fraction of sp³-hybridized carbons (Fsp3) is 0.667. The summed E-state index contributed by atoms with van der Waals surface area (Å²) in [5, 5.41) is 19.9. The molecule has 0 saturated carbocycles. The van der Waals surface area contributed by atoms with Crippen LogP contribution in [-0.2, 0) is 18.2 Å². The molecule has 17 heavy (non-hydrogen) atoms. The van der Waals surface area contributed by atoms with Crippen molar-refractivity contribution in [1.29, 1.82) is 0 Å². The Bertz CT molecular complexity index is 500. The molecule has 0 aliphatic carbocycles. The number of hydrogen-bond donors (Lipinski definition) is 0. The van der Waals surface area contributed by atoms with Gasteiger partial charge in [-0.3, -0.25) is 0 Å². The Kier molecular flexibility index (Phi) is 3.14. The van der Waals surface area contributed by atoms with Gasteiger partial charge in [0.1, 0.15) is 0 Å². The quantitative estimate of drug-likeness (QED) is 0.760. The van der Waals surface area contributed by atoms with Gasteiger partial charge in [-0.25, -0.2) is 4.68 Å². The van der Waals surface area contributed by atoms with E-state index in [4.69, 9.17) is 4.42 Å². The van der Waals surface area contributed by atoms with Gasteiger partial charge in [-0.2, -0.15) is 0 Å². The van der Waals surface area contributed by atoms with Gasteiger partial charge >= 0.3 is 0 Å². The van der Waals surface area contributed by atoms with E-state index in [0.717, 1.165) is 5.16 Å². The number of tetrazole rings is 1. The summed E-state index contributed by atoms with van der Waals surface area (Å²) in [6, 6.07) is 0. The Morgan fingerprint density at radius 2 is 2.00 bits per heavy atom. The van der Waals surface area contributed by atoms with Gasteiger partial charge in [0, 0.05) is 12.5 Å². The third-order valence-corrected chi connectivity index (χ3v) is 3.01. The number of aryl methyl sites for hydroxylation is 1. The molecule has 0 bridgehead atoms. The third kappa shape index (κ3) is 2.82. The van der Waals surface area contributed by atoms with E-state index in [1.807, 2.05) is 20.8 Å². The average Bonchev–Trinajstić information content (AvgIpc) is 2.82. The van der Waals surface area contributed by atoms with Crippen LogP contribution < -0.4 is 0 Å². The van der Waals surface area contributed by atoms with E-state index in [9.17, 15) is 0 Å². The number of hydrogen-bond acceptors (Lipinski definition) is 7. The van der Waals surface area contributed by atoms with Gasteiger partial charge in [0.25, 0.3) is 0 Å². The first kappa shape index (κ1) is 12.0. The first-order valence-electron chi connectivity index (χ1n) is 5.15. The van der Waals surface area contributed by atoms with Gasteiger partial charge in [0.15, 0.2) is 0 Å². The van der Waals surface area contributed by atoms with E-state index >= 15 is 0 Å². The molecule has 7 nitrogen and oxygen atoms in total. The molecule has 0 aliphatic rings. The predicted octanol–water partition coefficient (Wildman–Crippen LogP) is 1.18. The Morgan fingerprint density at radius 3 is 2.53 bits per heavy atom. The van der Waals surface area contributed by atoms with Crippen molar-refractivity contribution in [3.8, 4) is 0 Å². The number of rotatable bonds is 3. The Morgan fingerprint density at radius 1 is 1.24 bits per heavy atom. The summed E-state index contributed by atoms with van der Waals surface area (Å²) in [7, 11) is 1.79. The summed E-state index contributed by atoms with van der Waals surface area (Å²) in [5.74, 6) is 1.80. The van der Waals surface area contributed by atoms with Crippen LogP contribution >= 0.6 is 11.8 Å². The highest BCUT2D eigenvalue weighted by Gasteiger charge is 2.21. The zero-order chi connectivity index (χ0) is 12.5. The van der Waals surface area contributed by atoms with E-state index in [2.05, 4.69) is 25.7 Å². The van der Waals surface area contributed by atoms with Gasteiger partial charge in [0.05, 0.1) is 5.75 Å². The summed E-state index contributed by atoms with van der Waals surface area (Å²) >= 11 is 1.46. The van der Waals surface area contributed by atoms with Crippen LogP contribution in [0.15, 0.2) is 9.57 Å². The second kappa shape index (κ2) is 4.44. The van der Waals surface area contributed by atoms with Gasteiger partial charge in [-0.1, -0.05) is 32.5 Å². The molecular weight excluding hydrogens is 240 g/mol. The lowest BCUT2D eigenvalue weighted by Gasteiger charge is -2.10. The zero-order valence-electron chi connectivity index (χ0n) is 10.2. The lowest BCUT2D eigenvalue weighted by molar-refractivity contribution is 0.378. The molecule has 0 unspecified atom stereocenters.